The Morgan fingerprint density at radius 2 is 1.94 bits per heavy atom. The van der Waals surface area contributed by atoms with Crippen molar-refractivity contribution < 1.29 is 56.0 Å². The molecule has 3 rings (SSSR count). The van der Waals surface area contributed by atoms with E-state index in [1.165, 1.54) is 10.9 Å². The fourth-order valence-corrected chi connectivity index (χ4v) is 5.83. The number of phosphoric ester groups is 1. The van der Waals surface area contributed by atoms with Crippen LogP contribution in [-0.2, 0) is 36.4 Å². The summed E-state index contributed by atoms with van der Waals surface area (Å²) in [6.07, 6.45) is -0.388. The highest BCUT2D eigenvalue weighted by Crippen LogP contribution is 2.66. The second-order valence-electron chi connectivity index (χ2n) is 6.14. The van der Waals surface area contributed by atoms with Gasteiger partial charge in [0.05, 0.1) is 12.9 Å². The van der Waals surface area contributed by atoms with Crippen molar-refractivity contribution in [3.8, 4) is 0 Å². The van der Waals surface area contributed by atoms with E-state index in [2.05, 4.69) is 38.1 Å². The minimum absolute atomic E-state index is 0.0323. The van der Waals surface area contributed by atoms with E-state index >= 15 is 0 Å². The van der Waals surface area contributed by atoms with E-state index in [0.717, 1.165) is 6.33 Å². The molecule has 1 fully saturated rings. The van der Waals surface area contributed by atoms with E-state index in [1.807, 2.05) is 0 Å². The molecule has 2 aromatic heterocycles. The number of ether oxygens (including phenoxy) is 1. The minimum atomic E-state index is -5.67. The lowest BCUT2D eigenvalue weighted by Crippen LogP contribution is -2.31. The molecule has 6 N–H and O–H groups in total. The van der Waals surface area contributed by atoms with E-state index in [1.54, 1.807) is 0 Å². The van der Waals surface area contributed by atoms with Gasteiger partial charge in [0, 0.05) is 11.3 Å². The molecule has 0 amide bonds. The van der Waals surface area contributed by atoms with Crippen LogP contribution in [0, 0.1) is 0 Å². The molecular weight excluding hydrogens is 517 g/mol. The van der Waals surface area contributed by atoms with Gasteiger partial charge in [-0.05, 0) is 10.6 Å². The zero-order valence-electron chi connectivity index (χ0n) is 15.9. The molecule has 2 aromatic rings. The maximum absolute atomic E-state index is 11.9. The highest BCUT2D eigenvalue weighted by molar-refractivity contribution is 7.66. The zero-order valence-corrected chi connectivity index (χ0v) is 18.6. The van der Waals surface area contributed by atoms with E-state index in [9.17, 15) is 23.5 Å². The van der Waals surface area contributed by atoms with Gasteiger partial charge in [0.2, 0.25) is 0 Å². The summed E-state index contributed by atoms with van der Waals surface area (Å²) in [6, 6.07) is 0. The molecule has 5 atom stereocenters. The van der Waals surface area contributed by atoms with Gasteiger partial charge in [0.25, 0.3) is 0 Å². The van der Waals surface area contributed by atoms with Gasteiger partial charge in [-0.1, -0.05) is 0 Å². The lowest BCUT2D eigenvalue weighted by molar-refractivity contribution is -0.0600. The number of aromatic nitrogens is 4. The standard InChI is InChI=1S/C10H15N8O12P3/c11-17-16-9-8-10(14-3-13-9)18(4-15-8)7-1-5(28-12)6(27-7)2-26-32(22,23)30-33(24,25)29-31(19,20)21/h3-7H,1-2,12H2,(H,22,23)(H,24,25)(H2,19,20,21)/t5?,6-,7-/m1/s1. The van der Waals surface area contributed by atoms with Crippen molar-refractivity contribution in [3.63, 3.8) is 0 Å². The number of nitrogens with zero attached hydrogens (tertiary/aromatic N) is 7. The van der Waals surface area contributed by atoms with Crippen molar-refractivity contribution in [3.05, 3.63) is 23.1 Å². The lowest BCUT2D eigenvalue weighted by atomic mass is 10.2. The minimum Gasteiger partial charge on any atom is -0.349 e. The quantitative estimate of drug-likeness (QED) is 0.0922. The molecule has 3 unspecified atom stereocenters. The summed E-state index contributed by atoms with van der Waals surface area (Å²) >= 11 is 0. The Morgan fingerprint density at radius 1 is 1.21 bits per heavy atom. The van der Waals surface area contributed by atoms with E-state index in [0.29, 0.717) is 0 Å². The van der Waals surface area contributed by atoms with Crippen LogP contribution in [0.25, 0.3) is 21.6 Å². The molecule has 0 spiro atoms. The topological polar surface area (TPSA) is 297 Å². The fraction of sp³-hybridized carbons (Fsp3) is 0.500. The third-order valence-electron chi connectivity index (χ3n) is 3.96. The van der Waals surface area contributed by atoms with Gasteiger partial charge in [0.15, 0.2) is 11.5 Å². The molecule has 20 nitrogen and oxygen atoms in total. The Labute approximate surface area is 182 Å². The van der Waals surface area contributed by atoms with Gasteiger partial charge in [-0.3, -0.25) is 13.9 Å². The van der Waals surface area contributed by atoms with Crippen LogP contribution in [0.5, 0.6) is 0 Å². The maximum atomic E-state index is 11.9. The summed E-state index contributed by atoms with van der Waals surface area (Å²) in [7, 11) is -16.6. The van der Waals surface area contributed by atoms with E-state index in [-0.39, 0.29) is 23.4 Å². The summed E-state index contributed by atoms with van der Waals surface area (Å²) in [6.45, 7) is -0.770. The van der Waals surface area contributed by atoms with Crippen molar-refractivity contribution in [1.82, 2.24) is 19.5 Å². The SMILES string of the molecule is [N-]=[N+]=Nc1ncnc2c1ncn2[C@H]1CC(ON)[C@@H](COP(=O)(O)OP(=O)(O)OP(=O)(O)O)O1. The van der Waals surface area contributed by atoms with Gasteiger partial charge in [-0.25, -0.2) is 34.5 Å². The van der Waals surface area contributed by atoms with Crippen LogP contribution < -0.4 is 5.90 Å². The Bertz CT molecular complexity index is 1210. The first-order valence-corrected chi connectivity index (χ1v) is 12.9. The Balaban J connectivity index is 1.71. The Morgan fingerprint density at radius 3 is 2.58 bits per heavy atom. The van der Waals surface area contributed by atoms with Crippen molar-refractivity contribution in [1.29, 1.82) is 0 Å². The number of hydrogen-bond donors (Lipinski definition) is 5. The number of nitrogens with two attached hydrogens (primary N) is 1. The molecule has 0 radical (unpaired) electrons. The molecule has 0 saturated carbocycles. The number of phosphoric acid groups is 3. The predicted molar refractivity (Wildman–Crippen MR) is 102 cm³/mol. The van der Waals surface area contributed by atoms with Crippen molar-refractivity contribution in [2.75, 3.05) is 6.61 Å². The van der Waals surface area contributed by atoms with Crippen molar-refractivity contribution in [2.24, 2.45) is 11.0 Å². The van der Waals surface area contributed by atoms with Crippen LogP contribution >= 0.6 is 23.5 Å². The van der Waals surface area contributed by atoms with Gasteiger partial charge in [0.1, 0.15) is 30.3 Å². The number of imidazole rings is 1. The van der Waals surface area contributed by atoms with Crippen LogP contribution in [0.4, 0.5) is 5.82 Å². The number of hydrogen-bond acceptors (Lipinski definition) is 13. The first kappa shape index (κ1) is 25.8. The van der Waals surface area contributed by atoms with Crippen LogP contribution in [-0.4, -0.2) is 57.9 Å². The maximum Gasteiger partial charge on any atom is 0.490 e. The molecule has 182 valence electrons. The van der Waals surface area contributed by atoms with Gasteiger partial charge in [-0.2, -0.15) is 8.62 Å². The summed E-state index contributed by atoms with van der Waals surface area (Å²) in [5, 5.41) is 3.40. The zero-order chi connectivity index (χ0) is 24.4. The van der Waals surface area contributed by atoms with E-state index < -0.39 is 48.5 Å². The second kappa shape index (κ2) is 9.79. The summed E-state index contributed by atoms with van der Waals surface area (Å²) in [4.78, 5) is 55.2. The number of azide groups is 1. The normalized spacial score (nSPS) is 24.8. The van der Waals surface area contributed by atoms with Crippen LogP contribution in [0.15, 0.2) is 17.8 Å². The molecule has 0 bridgehead atoms. The van der Waals surface area contributed by atoms with E-state index in [4.69, 9.17) is 30.8 Å². The first-order valence-electron chi connectivity index (χ1n) is 8.36. The largest absolute Gasteiger partial charge is 0.490 e. The average molecular weight is 532 g/mol. The van der Waals surface area contributed by atoms with Gasteiger partial charge in [-0.15, -0.1) is 0 Å². The molecule has 0 aromatic carbocycles. The average Bonchev–Trinajstić information content (AvgIpc) is 3.28. The molecule has 33 heavy (non-hydrogen) atoms. The van der Waals surface area contributed by atoms with Crippen LogP contribution in [0.3, 0.4) is 0 Å². The lowest BCUT2D eigenvalue weighted by Gasteiger charge is -2.20. The molecule has 0 aliphatic carbocycles. The summed E-state index contributed by atoms with van der Waals surface area (Å²) in [5.41, 5.74) is 9.00. The summed E-state index contributed by atoms with van der Waals surface area (Å²) in [5.74, 6) is 5.20. The predicted octanol–water partition coefficient (Wildman–Crippen LogP) is 0.658. The van der Waals surface area contributed by atoms with Gasteiger partial charge >= 0.3 is 23.5 Å². The molecule has 1 aliphatic heterocycles. The molecular formula is C10H15N8O12P3. The number of fused-ring (bicyclic) bond motifs is 1. The monoisotopic (exact) mass is 532 g/mol. The second-order valence-corrected chi connectivity index (χ2v) is 10.6. The molecule has 23 heteroatoms. The van der Waals surface area contributed by atoms with Crippen molar-refractivity contribution >= 4 is 40.4 Å². The summed E-state index contributed by atoms with van der Waals surface area (Å²) < 4.78 is 52.9. The Kier molecular flexibility index (Phi) is 7.65. The third-order valence-corrected chi connectivity index (χ3v) is 7.76. The molecule has 1 saturated heterocycles. The van der Waals surface area contributed by atoms with Gasteiger partial charge < -0.3 is 24.3 Å². The highest BCUT2D eigenvalue weighted by Gasteiger charge is 2.43. The smallest absolute Gasteiger partial charge is 0.349 e. The van der Waals surface area contributed by atoms with Crippen LogP contribution in [0.2, 0.25) is 0 Å². The fourth-order valence-electron chi connectivity index (χ4n) is 2.80. The first-order chi connectivity index (χ1) is 15.3. The molecule has 1 aliphatic rings. The Hall–Kier alpha value is -1.85. The van der Waals surface area contributed by atoms with Crippen molar-refractivity contribution in [2.45, 2.75) is 24.9 Å². The van der Waals surface area contributed by atoms with Crippen LogP contribution in [0.1, 0.15) is 12.6 Å². The molecule has 3 heterocycles. The number of rotatable bonds is 10. The highest BCUT2D eigenvalue weighted by atomic mass is 31.3. The third kappa shape index (κ3) is 6.60.